The molecule has 0 bridgehead atoms. The maximum atomic E-state index is 16.2. The fourth-order valence-electron chi connectivity index (χ4n) is 12.5. The summed E-state index contributed by atoms with van der Waals surface area (Å²) in [6.07, 6.45) is -4.84. The van der Waals surface area contributed by atoms with Crippen molar-refractivity contribution in [1.29, 1.82) is 0 Å². The van der Waals surface area contributed by atoms with Gasteiger partial charge in [0.15, 0.2) is 11.6 Å². The fourth-order valence-corrected chi connectivity index (χ4v) is 12.5. The van der Waals surface area contributed by atoms with Gasteiger partial charge in [0.2, 0.25) is 0 Å². The molecule has 5 heterocycles. The van der Waals surface area contributed by atoms with Gasteiger partial charge in [0, 0.05) is 77.1 Å². The standard InChI is InChI=1S/C75H46F3N7/c76-75(77,78)51-41-60(73-79-62(47-21-5-1-6-22-47)45-63(80-73)48-23-7-2-8-24-48)72(61(42-51)74-81-64(49-25-9-3-10-26-49)46-65(82-74)50-27-11-4-12-28-50)85-70-39-37-52(83-66-33-17-13-29-54(66)55-30-14-18-34-67(55)83)43-58(70)59-44-53(38-40-71(59)85)84-68-35-19-15-31-56(68)57-32-16-20-36-69(57)84/h1-46H. The van der Waals surface area contributed by atoms with Gasteiger partial charge in [0.05, 0.1) is 67.1 Å². The van der Waals surface area contributed by atoms with Crippen LogP contribution in [0.3, 0.4) is 0 Å². The predicted octanol–water partition coefficient (Wildman–Crippen LogP) is 19.6. The van der Waals surface area contributed by atoms with E-state index in [1.54, 1.807) is 0 Å². The van der Waals surface area contributed by atoms with Crippen LogP contribution < -0.4 is 0 Å². The van der Waals surface area contributed by atoms with E-state index in [9.17, 15) is 0 Å². The summed E-state index contributed by atoms with van der Waals surface area (Å²) in [5.41, 5.74) is 12.4. The van der Waals surface area contributed by atoms with E-state index in [-0.39, 0.29) is 22.8 Å². The number of fused-ring (bicyclic) bond motifs is 9. The Balaban J connectivity index is 1.07. The van der Waals surface area contributed by atoms with Crippen molar-refractivity contribution in [3.8, 4) is 84.9 Å². The Morgan fingerprint density at radius 3 is 0.847 bits per heavy atom. The van der Waals surface area contributed by atoms with Crippen molar-refractivity contribution < 1.29 is 13.2 Å². The summed E-state index contributed by atoms with van der Waals surface area (Å²) in [4.78, 5) is 21.2. The van der Waals surface area contributed by atoms with E-state index < -0.39 is 11.7 Å². The first kappa shape index (κ1) is 49.6. The number of benzene rings is 11. The molecule has 0 spiro atoms. The third kappa shape index (κ3) is 8.36. The maximum Gasteiger partial charge on any atom is 0.416 e. The Kier molecular flexibility index (Phi) is 11.5. The molecule has 11 aromatic carbocycles. The number of rotatable bonds is 9. The average molecular weight is 1100 g/mol. The Labute approximate surface area is 485 Å². The van der Waals surface area contributed by atoms with Gasteiger partial charge in [-0.3, -0.25) is 0 Å². The minimum Gasteiger partial charge on any atom is -0.309 e. The minimum absolute atomic E-state index is 0.0869. The van der Waals surface area contributed by atoms with Crippen LogP contribution in [-0.2, 0) is 6.18 Å². The van der Waals surface area contributed by atoms with Crippen molar-refractivity contribution in [3.05, 3.63) is 285 Å². The van der Waals surface area contributed by atoms with Crippen LogP contribution in [0.4, 0.5) is 13.2 Å². The predicted molar refractivity (Wildman–Crippen MR) is 338 cm³/mol. The fraction of sp³-hybridized carbons (Fsp3) is 0.0133. The molecule has 0 atom stereocenters. The average Bonchev–Trinajstić information content (AvgIpc) is 1.91. The summed E-state index contributed by atoms with van der Waals surface area (Å²) in [6.45, 7) is 0. The van der Waals surface area contributed by atoms with Crippen LogP contribution >= 0.6 is 0 Å². The molecule has 0 saturated heterocycles. The molecule has 0 N–H and O–H groups in total. The highest BCUT2D eigenvalue weighted by Gasteiger charge is 2.35. The van der Waals surface area contributed by atoms with Gasteiger partial charge in [-0.1, -0.05) is 194 Å². The largest absolute Gasteiger partial charge is 0.416 e. The van der Waals surface area contributed by atoms with Crippen molar-refractivity contribution in [2.24, 2.45) is 0 Å². The smallest absolute Gasteiger partial charge is 0.309 e. The number of halogens is 3. The molecule has 0 radical (unpaired) electrons. The molecule has 0 aliphatic rings. The lowest BCUT2D eigenvalue weighted by Gasteiger charge is -2.21. The second kappa shape index (κ2) is 19.7. The van der Waals surface area contributed by atoms with E-state index in [1.807, 2.05) is 133 Å². The van der Waals surface area contributed by atoms with Gasteiger partial charge in [-0.2, -0.15) is 13.2 Å². The molecule has 7 nitrogen and oxygen atoms in total. The maximum absolute atomic E-state index is 16.2. The first-order valence-corrected chi connectivity index (χ1v) is 28.1. The lowest BCUT2D eigenvalue weighted by molar-refractivity contribution is -0.137. The molecule has 5 aromatic heterocycles. The van der Waals surface area contributed by atoms with Crippen LogP contribution in [0, 0.1) is 0 Å². The molecular weight excluding hydrogens is 1060 g/mol. The highest BCUT2D eigenvalue weighted by atomic mass is 19.4. The summed E-state index contributed by atoms with van der Waals surface area (Å²) in [6, 6.07) is 91.4. The summed E-state index contributed by atoms with van der Waals surface area (Å²) < 4.78 is 55.4. The summed E-state index contributed by atoms with van der Waals surface area (Å²) in [7, 11) is 0. The Morgan fingerprint density at radius 2 is 0.541 bits per heavy atom. The molecule has 0 unspecified atom stereocenters. The lowest BCUT2D eigenvalue weighted by atomic mass is 9.98. The third-order valence-electron chi connectivity index (χ3n) is 16.3. The Hall–Kier alpha value is -11.2. The summed E-state index contributed by atoms with van der Waals surface area (Å²) in [5, 5.41) is 6.20. The van der Waals surface area contributed by atoms with Gasteiger partial charge in [-0.15, -0.1) is 0 Å². The van der Waals surface area contributed by atoms with Crippen LogP contribution in [0.5, 0.6) is 0 Å². The van der Waals surface area contributed by atoms with Crippen molar-refractivity contribution >= 4 is 65.4 Å². The van der Waals surface area contributed by atoms with Crippen LogP contribution in [0.25, 0.3) is 150 Å². The Morgan fingerprint density at radius 1 is 0.259 bits per heavy atom. The van der Waals surface area contributed by atoms with Crippen LogP contribution in [-0.4, -0.2) is 33.6 Å². The first-order valence-electron chi connectivity index (χ1n) is 28.1. The Bertz CT molecular complexity index is 4740. The molecule has 0 aliphatic carbocycles. The molecular formula is C75H46F3N7. The van der Waals surface area contributed by atoms with E-state index in [1.165, 1.54) is 12.1 Å². The van der Waals surface area contributed by atoms with Gasteiger partial charge in [0.1, 0.15) is 0 Å². The monoisotopic (exact) mass is 1100 g/mol. The number of aromatic nitrogens is 7. The van der Waals surface area contributed by atoms with Crippen molar-refractivity contribution in [3.63, 3.8) is 0 Å². The van der Waals surface area contributed by atoms with Gasteiger partial charge < -0.3 is 13.7 Å². The third-order valence-corrected chi connectivity index (χ3v) is 16.3. The highest BCUT2D eigenvalue weighted by molar-refractivity contribution is 6.15. The second-order valence-electron chi connectivity index (χ2n) is 21.3. The molecule has 0 saturated carbocycles. The van der Waals surface area contributed by atoms with Crippen molar-refractivity contribution in [2.75, 3.05) is 0 Å². The topological polar surface area (TPSA) is 66.3 Å². The number of hydrogen-bond acceptors (Lipinski definition) is 4. The molecule has 0 amide bonds. The number of para-hydroxylation sites is 4. The van der Waals surface area contributed by atoms with Gasteiger partial charge in [-0.05, 0) is 84.9 Å². The lowest BCUT2D eigenvalue weighted by Crippen LogP contribution is -2.11. The van der Waals surface area contributed by atoms with Gasteiger partial charge in [-0.25, -0.2) is 19.9 Å². The van der Waals surface area contributed by atoms with Crippen LogP contribution in [0.2, 0.25) is 0 Å². The quantitative estimate of drug-likeness (QED) is 0.144. The molecule has 16 rings (SSSR count). The number of hydrogen-bond donors (Lipinski definition) is 0. The molecule has 0 aliphatic heterocycles. The van der Waals surface area contributed by atoms with E-state index in [0.29, 0.717) is 28.5 Å². The first-order chi connectivity index (χ1) is 41.8. The SMILES string of the molecule is FC(F)(F)c1cc(-c2nc(-c3ccccc3)cc(-c3ccccc3)n2)c(-n2c3ccc(-n4c5ccccc5c5ccccc54)cc3c3cc(-n4c5ccccc5c5ccccc54)ccc32)c(-c2nc(-c3ccccc3)cc(-c3ccccc3)n2)c1. The zero-order chi connectivity index (χ0) is 56.8. The summed E-state index contributed by atoms with van der Waals surface area (Å²) >= 11 is 0. The van der Waals surface area contributed by atoms with E-state index >= 15 is 13.2 Å². The van der Waals surface area contributed by atoms with Crippen LogP contribution in [0.15, 0.2) is 279 Å². The minimum atomic E-state index is -4.84. The molecule has 10 heteroatoms. The highest BCUT2D eigenvalue weighted by Crippen LogP contribution is 2.47. The number of alkyl halides is 3. The summed E-state index contributed by atoms with van der Waals surface area (Å²) in [5.74, 6) is 0.174. The van der Waals surface area contributed by atoms with E-state index in [2.05, 4.69) is 147 Å². The van der Waals surface area contributed by atoms with Gasteiger partial charge >= 0.3 is 6.18 Å². The second-order valence-corrected chi connectivity index (χ2v) is 21.3. The van der Waals surface area contributed by atoms with E-state index in [4.69, 9.17) is 19.9 Å². The normalized spacial score (nSPS) is 11.9. The molecule has 85 heavy (non-hydrogen) atoms. The van der Waals surface area contributed by atoms with Crippen LogP contribution in [0.1, 0.15) is 5.56 Å². The van der Waals surface area contributed by atoms with Crippen molar-refractivity contribution in [1.82, 2.24) is 33.6 Å². The molecule has 0 fully saturated rings. The van der Waals surface area contributed by atoms with Gasteiger partial charge in [0.25, 0.3) is 0 Å². The van der Waals surface area contributed by atoms with E-state index in [0.717, 1.165) is 99.0 Å². The molecule has 402 valence electrons. The zero-order valence-corrected chi connectivity index (χ0v) is 45.3. The zero-order valence-electron chi connectivity index (χ0n) is 45.3. The van der Waals surface area contributed by atoms with Crippen molar-refractivity contribution in [2.45, 2.75) is 6.18 Å². The number of nitrogens with zero attached hydrogens (tertiary/aromatic N) is 7. The molecule has 16 aromatic rings.